The lowest BCUT2D eigenvalue weighted by molar-refractivity contribution is -0.384. The topological polar surface area (TPSA) is 81.2 Å². The van der Waals surface area contributed by atoms with Gasteiger partial charge < -0.3 is 9.73 Å². The molecule has 19 heavy (non-hydrogen) atoms. The zero-order valence-electron chi connectivity index (χ0n) is 10.2. The number of rotatable bonds is 3. The number of non-ortho nitro benzene ring substituents is 1. The minimum Gasteiger partial charge on any atom is -0.423 e. The molecule has 1 N–H and O–H groups in total. The highest BCUT2D eigenvalue weighted by Gasteiger charge is 2.17. The van der Waals surface area contributed by atoms with Crippen molar-refractivity contribution in [2.75, 3.05) is 16.8 Å². The van der Waals surface area contributed by atoms with E-state index in [4.69, 9.17) is 4.42 Å². The van der Waals surface area contributed by atoms with Crippen LogP contribution in [0.4, 0.5) is 11.7 Å². The fourth-order valence-corrected chi connectivity index (χ4v) is 3.19. The Balaban J connectivity index is 1.82. The lowest BCUT2D eigenvalue weighted by Gasteiger charge is -2.21. The van der Waals surface area contributed by atoms with Gasteiger partial charge in [-0.1, -0.05) is 0 Å². The van der Waals surface area contributed by atoms with Crippen molar-refractivity contribution in [2.45, 2.75) is 18.9 Å². The average molecular weight is 279 g/mol. The summed E-state index contributed by atoms with van der Waals surface area (Å²) >= 11 is 1.91. The molecule has 0 aliphatic carbocycles. The Morgan fingerprint density at radius 2 is 2.42 bits per heavy atom. The van der Waals surface area contributed by atoms with Gasteiger partial charge in [-0.3, -0.25) is 10.1 Å². The fourth-order valence-electron chi connectivity index (χ4n) is 2.12. The maximum atomic E-state index is 10.7. The first-order valence-corrected chi connectivity index (χ1v) is 7.27. The molecule has 1 aromatic heterocycles. The van der Waals surface area contributed by atoms with Crippen LogP contribution in [0, 0.1) is 10.1 Å². The van der Waals surface area contributed by atoms with Crippen molar-refractivity contribution in [2.24, 2.45) is 0 Å². The van der Waals surface area contributed by atoms with E-state index in [2.05, 4.69) is 10.3 Å². The fraction of sp³-hybridized carbons (Fsp3) is 0.417. The van der Waals surface area contributed by atoms with Gasteiger partial charge in [0, 0.05) is 17.9 Å². The second kappa shape index (κ2) is 5.08. The normalized spacial score (nSPS) is 19.5. The van der Waals surface area contributed by atoms with Gasteiger partial charge in [0.15, 0.2) is 5.58 Å². The summed E-state index contributed by atoms with van der Waals surface area (Å²) in [7, 11) is 0. The van der Waals surface area contributed by atoms with Crippen molar-refractivity contribution in [3.05, 3.63) is 28.3 Å². The van der Waals surface area contributed by atoms with Gasteiger partial charge >= 0.3 is 0 Å². The minimum absolute atomic E-state index is 0.0171. The van der Waals surface area contributed by atoms with Gasteiger partial charge in [-0.2, -0.15) is 16.7 Å². The second-order valence-electron chi connectivity index (χ2n) is 4.49. The Labute approximate surface area is 113 Å². The molecule has 7 heteroatoms. The van der Waals surface area contributed by atoms with Crippen LogP contribution >= 0.6 is 11.8 Å². The first-order chi connectivity index (χ1) is 9.22. The maximum Gasteiger partial charge on any atom is 0.295 e. The number of aromatic nitrogens is 1. The van der Waals surface area contributed by atoms with E-state index >= 15 is 0 Å². The molecule has 3 rings (SSSR count). The Kier molecular flexibility index (Phi) is 3.29. The summed E-state index contributed by atoms with van der Waals surface area (Å²) in [6.45, 7) is 0. The number of nitrogens with zero attached hydrogens (tertiary/aromatic N) is 2. The van der Waals surface area contributed by atoms with Crippen LogP contribution in [0.3, 0.4) is 0 Å². The van der Waals surface area contributed by atoms with Crippen LogP contribution in [0.5, 0.6) is 0 Å². The number of nitrogens with one attached hydrogen (secondary N) is 1. The number of benzene rings is 1. The van der Waals surface area contributed by atoms with E-state index in [1.807, 2.05) is 11.8 Å². The zero-order valence-corrected chi connectivity index (χ0v) is 11.0. The Morgan fingerprint density at radius 1 is 1.53 bits per heavy atom. The molecule has 6 nitrogen and oxygen atoms in total. The van der Waals surface area contributed by atoms with Crippen molar-refractivity contribution in [3.63, 3.8) is 0 Å². The Hall–Kier alpha value is -1.76. The van der Waals surface area contributed by atoms with Crippen molar-refractivity contribution in [1.82, 2.24) is 4.98 Å². The first kappa shape index (κ1) is 12.3. The molecule has 0 bridgehead atoms. The van der Waals surface area contributed by atoms with Gasteiger partial charge in [0.2, 0.25) is 0 Å². The highest BCUT2D eigenvalue weighted by atomic mass is 32.2. The molecule has 0 saturated carbocycles. The third kappa shape index (κ3) is 2.65. The van der Waals surface area contributed by atoms with Gasteiger partial charge in [-0.15, -0.1) is 0 Å². The largest absolute Gasteiger partial charge is 0.423 e. The van der Waals surface area contributed by atoms with Crippen LogP contribution in [-0.2, 0) is 0 Å². The van der Waals surface area contributed by atoms with Crippen LogP contribution in [0.25, 0.3) is 11.1 Å². The molecule has 0 amide bonds. The predicted octanol–water partition coefficient (Wildman–Crippen LogP) is 3.04. The summed E-state index contributed by atoms with van der Waals surface area (Å²) < 4.78 is 5.53. The van der Waals surface area contributed by atoms with Gasteiger partial charge in [0.1, 0.15) is 5.52 Å². The highest BCUT2D eigenvalue weighted by Crippen LogP contribution is 2.26. The van der Waals surface area contributed by atoms with Gasteiger partial charge in [0.05, 0.1) is 11.0 Å². The molecular formula is C12H13N3O3S. The van der Waals surface area contributed by atoms with Crippen LogP contribution in [0.15, 0.2) is 22.6 Å². The van der Waals surface area contributed by atoms with E-state index in [9.17, 15) is 10.1 Å². The molecule has 1 saturated heterocycles. The van der Waals surface area contributed by atoms with Crippen LogP contribution in [0.1, 0.15) is 12.8 Å². The lowest BCUT2D eigenvalue weighted by Crippen LogP contribution is -2.25. The number of oxazole rings is 1. The minimum atomic E-state index is -0.438. The molecule has 1 atom stereocenters. The lowest BCUT2D eigenvalue weighted by atomic mass is 10.2. The smallest absolute Gasteiger partial charge is 0.295 e. The monoisotopic (exact) mass is 279 g/mol. The summed E-state index contributed by atoms with van der Waals surface area (Å²) in [6, 6.07) is 5.26. The van der Waals surface area contributed by atoms with E-state index in [0.29, 0.717) is 23.2 Å². The third-order valence-electron chi connectivity index (χ3n) is 3.07. The molecule has 0 spiro atoms. The number of hydrogen-bond donors (Lipinski definition) is 1. The van der Waals surface area contributed by atoms with Crippen molar-refractivity contribution in [3.8, 4) is 0 Å². The molecule has 100 valence electrons. The van der Waals surface area contributed by atoms with Crippen LogP contribution < -0.4 is 5.32 Å². The van der Waals surface area contributed by atoms with E-state index in [0.717, 1.165) is 12.2 Å². The Morgan fingerprint density at radius 3 is 3.16 bits per heavy atom. The van der Waals surface area contributed by atoms with Crippen molar-refractivity contribution >= 4 is 34.6 Å². The van der Waals surface area contributed by atoms with Crippen LogP contribution in [-0.4, -0.2) is 27.5 Å². The predicted molar refractivity (Wildman–Crippen MR) is 74.6 cm³/mol. The summed E-state index contributed by atoms with van der Waals surface area (Å²) in [5.41, 5.74) is 1.10. The summed E-state index contributed by atoms with van der Waals surface area (Å²) in [4.78, 5) is 14.6. The number of anilines is 1. The molecule has 1 aliphatic heterocycles. The number of nitro benzene ring substituents is 1. The standard InChI is InChI=1S/C12H13N3O3S/c16-15(17)9-3-4-10-11(6-9)18-12(14-10)13-8-2-1-5-19-7-8/h3-4,6,8H,1-2,5,7H2,(H,13,14). The molecule has 1 aromatic carbocycles. The van der Waals surface area contributed by atoms with E-state index < -0.39 is 4.92 Å². The van der Waals surface area contributed by atoms with Crippen molar-refractivity contribution < 1.29 is 9.34 Å². The molecule has 1 fully saturated rings. The second-order valence-corrected chi connectivity index (χ2v) is 5.64. The van der Waals surface area contributed by atoms with Gasteiger partial charge in [0.25, 0.3) is 11.7 Å². The average Bonchev–Trinajstić information content (AvgIpc) is 2.80. The van der Waals surface area contributed by atoms with E-state index in [-0.39, 0.29) is 5.69 Å². The molecule has 2 heterocycles. The van der Waals surface area contributed by atoms with Crippen molar-refractivity contribution in [1.29, 1.82) is 0 Å². The summed E-state index contributed by atoms with van der Waals surface area (Å²) in [5, 5.41) is 13.9. The zero-order chi connectivity index (χ0) is 13.2. The van der Waals surface area contributed by atoms with E-state index in [1.165, 1.54) is 24.3 Å². The SMILES string of the molecule is O=[N+]([O-])c1ccc2nc(NC3CCCSC3)oc2c1. The molecule has 1 aliphatic rings. The van der Waals surface area contributed by atoms with Crippen LogP contribution in [0.2, 0.25) is 0 Å². The summed E-state index contributed by atoms with van der Waals surface area (Å²) in [5.74, 6) is 2.25. The molecule has 0 radical (unpaired) electrons. The third-order valence-corrected chi connectivity index (χ3v) is 4.29. The van der Waals surface area contributed by atoms with Gasteiger partial charge in [-0.05, 0) is 24.7 Å². The van der Waals surface area contributed by atoms with Gasteiger partial charge in [-0.25, -0.2) is 0 Å². The number of nitro groups is 1. The molecule has 1 unspecified atom stereocenters. The number of fused-ring (bicyclic) bond motifs is 1. The quantitative estimate of drug-likeness (QED) is 0.687. The highest BCUT2D eigenvalue weighted by molar-refractivity contribution is 7.99. The molecule has 2 aromatic rings. The molecular weight excluding hydrogens is 266 g/mol. The Bertz CT molecular complexity index is 607. The van der Waals surface area contributed by atoms with E-state index in [1.54, 1.807) is 6.07 Å². The maximum absolute atomic E-state index is 10.7. The first-order valence-electron chi connectivity index (χ1n) is 6.11. The number of hydrogen-bond acceptors (Lipinski definition) is 6. The summed E-state index contributed by atoms with van der Waals surface area (Å²) in [6.07, 6.45) is 2.29. The number of thioether (sulfide) groups is 1.